The molecule has 3 nitrogen and oxygen atoms in total. The average molecular weight is 299 g/mol. The van der Waals surface area contributed by atoms with Crippen LogP contribution < -0.4 is 0 Å². The molecule has 0 radical (unpaired) electrons. The molecule has 1 N–H and O–H groups in total. The van der Waals surface area contributed by atoms with Crippen molar-refractivity contribution in [3.63, 3.8) is 0 Å². The van der Waals surface area contributed by atoms with Crippen molar-refractivity contribution < 1.29 is 18.6 Å². The van der Waals surface area contributed by atoms with Crippen LogP contribution in [0.3, 0.4) is 0 Å². The van der Waals surface area contributed by atoms with Gasteiger partial charge in [-0.25, -0.2) is 8.78 Å². The maximum absolute atomic E-state index is 13.7. The molecule has 0 heterocycles. The number of hydrogen-bond donors (Lipinski definition) is 1. The zero-order valence-electron chi connectivity index (χ0n) is 12.6. The summed E-state index contributed by atoms with van der Waals surface area (Å²) in [7, 11) is 1.63. The molecule has 0 amide bonds. The van der Waals surface area contributed by atoms with E-state index in [1.165, 1.54) is 25.0 Å². The molecule has 1 aromatic rings. The molecule has 1 saturated carbocycles. The molecule has 2 unspecified atom stereocenters. The lowest BCUT2D eigenvalue weighted by atomic mass is 10.1. The molecular weight excluding hydrogens is 276 g/mol. The Morgan fingerprint density at radius 3 is 2.71 bits per heavy atom. The van der Waals surface area contributed by atoms with Crippen molar-refractivity contribution in [2.75, 3.05) is 26.8 Å². The highest BCUT2D eigenvalue weighted by atomic mass is 19.2. The first-order chi connectivity index (χ1) is 10.0. The smallest absolute Gasteiger partial charge is 0.164 e. The Morgan fingerprint density at radius 1 is 1.38 bits per heavy atom. The summed E-state index contributed by atoms with van der Waals surface area (Å²) in [5, 5.41) is 10.3. The molecule has 2 rings (SSSR count). The van der Waals surface area contributed by atoms with Crippen LogP contribution in [0.1, 0.15) is 31.4 Å². The number of benzene rings is 1. The standard InChI is InChI=1S/C16H23F2NO2/c1-11(12-6-7-12)19(8-9-21-2)10-15(20)13-4-3-5-14(17)16(13)18/h3-5,11-12,15,20H,6-10H2,1-2H3. The van der Waals surface area contributed by atoms with Crippen LogP contribution in [-0.4, -0.2) is 42.9 Å². The van der Waals surface area contributed by atoms with Crippen LogP contribution in [0, 0.1) is 17.6 Å². The number of aliphatic hydroxyl groups excluding tert-OH is 1. The minimum absolute atomic E-state index is 0.0143. The number of halogens is 2. The molecular formula is C16H23F2NO2. The minimum Gasteiger partial charge on any atom is -0.387 e. The number of ether oxygens (including phenoxy) is 1. The summed E-state index contributed by atoms with van der Waals surface area (Å²) in [6.07, 6.45) is 1.34. The normalized spacial score (nSPS) is 18.0. The van der Waals surface area contributed by atoms with Crippen molar-refractivity contribution in [3.05, 3.63) is 35.4 Å². The molecule has 1 aromatic carbocycles. The lowest BCUT2D eigenvalue weighted by Crippen LogP contribution is -2.40. The predicted molar refractivity (Wildman–Crippen MR) is 77.0 cm³/mol. The SMILES string of the molecule is COCCN(CC(O)c1cccc(F)c1F)C(C)C1CC1. The van der Waals surface area contributed by atoms with E-state index in [2.05, 4.69) is 11.8 Å². The second-order valence-corrected chi connectivity index (χ2v) is 5.72. The fraction of sp³-hybridized carbons (Fsp3) is 0.625. The first-order valence-corrected chi connectivity index (χ1v) is 7.39. The van der Waals surface area contributed by atoms with Gasteiger partial charge in [0.15, 0.2) is 11.6 Å². The van der Waals surface area contributed by atoms with Gasteiger partial charge in [-0.1, -0.05) is 12.1 Å². The largest absolute Gasteiger partial charge is 0.387 e. The molecule has 0 spiro atoms. The van der Waals surface area contributed by atoms with E-state index < -0.39 is 17.7 Å². The second kappa shape index (κ2) is 7.29. The van der Waals surface area contributed by atoms with Crippen LogP contribution >= 0.6 is 0 Å². The Bertz CT molecular complexity index is 466. The minimum atomic E-state index is -1.04. The van der Waals surface area contributed by atoms with Gasteiger partial charge in [-0.3, -0.25) is 4.90 Å². The maximum atomic E-state index is 13.7. The summed E-state index contributed by atoms with van der Waals surface area (Å²) in [5.74, 6) is -1.26. The third-order valence-electron chi connectivity index (χ3n) is 4.21. The topological polar surface area (TPSA) is 32.7 Å². The van der Waals surface area contributed by atoms with Gasteiger partial charge in [0, 0.05) is 31.8 Å². The summed E-state index contributed by atoms with van der Waals surface area (Å²) >= 11 is 0. The number of aliphatic hydroxyl groups is 1. The molecule has 5 heteroatoms. The third kappa shape index (κ3) is 4.22. The highest BCUT2D eigenvalue weighted by Crippen LogP contribution is 2.35. The molecule has 1 fully saturated rings. The van der Waals surface area contributed by atoms with Crippen molar-refractivity contribution in [1.82, 2.24) is 4.90 Å². The lowest BCUT2D eigenvalue weighted by Gasteiger charge is -2.31. The lowest BCUT2D eigenvalue weighted by molar-refractivity contribution is 0.0602. The summed E-state index contributed by atoms with van der Waals surface area (Å²) in [5.41, 5.74) is 0.0143. The summed E-state index contributed by atoms with van der Waals surface area (Å²) in [4.78, 5) is 2.09. The van der Waals surface area contributed by atoms with Crippen LogP contribution in [0.2, 0.25) is 0 Å². The van der Waals surface area contributed by atoms with E-state index in [4.69, 9.17) is 4.74 Å². The molecule has 2 atom stereocenters. The summed E-state index contributed by atoms with van der Waals surface area (Å²) < 4.78 is 32.1. The van der Waals surface area contributed by atoms with Gasteiger partial charge in [-0.15, -0.1) is 0 Å². The zero-order valence-corrected chi connectivity index (χ0v) is 12.6. The molecule has 0 saturated heterocycles. The fourth-order valence-electron chi connectivity index (χ4n) is 2.64. The van der Waals surface area contributed by atoms with E-state index >= 15 is 0 Å². The number of methoxy groups -OCH3 is 1. The van der Waals surface area contributed by atoms with Gasteiger partial charge in [0.1, 0.15) is 0 Å². The highest BCUT2D eigenvalue weighted by Gasteiger charge is 2.33. The average Bonchev–Trinajstić information content (AvgIpc) is 3.30. The van der Waals surface area contributed by atoms with Crippen molar-refractivity contribution in [2.24, 2.45) is 5.92 Å². The third-order valence-corrected chi connectivity index (χ3v) is 4.21. The molecule has 0 aromatic heterocycles. The Labute approximate surface area is 124 Å². The van der Waals surface area contributed by atoms with E-state index in [-0.39, 0.29) is 12.1 Å². The second-order valence-electron chi connectivity index (χ2n) is 5.72. The molecule has 118 valence electrons. The van der Waals surface area contributed by atoms with Gasteiger partial charge in [0.25, 0.3) is 0 Å². The first kappa shape index (κ1) is 16.3. The van der Waals surface area contributed by atoms with Gasteiger partial charge < -0.3 is 9.84 Å². The van der Waals surface area contributed by atoms with Crippen LogP contribution in [-0.2, 0) is 4.74 Å². The Hall–Kier alpha value is -1.04. The number of hydrogen-bond acceptors (Lipinski definition) is 3. The highest BCUT2D eigenvalue weighted by molar-refractivity contribution is 5.21. The van der Waals surface area contributed by atoms with Crippen molar-refractivity contribution in [2.45, 2.75) is 31.9 Å². The molecule has 1 aliphatic rings. The van der Waals surface area contributed by atoms with Gasteiger partial charge >= 0.3 is 0 Å². The number of nitrogens with zero attached hydrogens (tertiary/aromatic N) is 1. The van der Waals surface area contributed by atoms with Crippen LogP contribution in [0.25, 0.3) is 0 Å². The molecule has 0 aliphatic heterocycles. The van der Waals surface area contributed by atoms with Gasteiger partial charge in [-0.05, 0) is 31.7 Å². The van der Waals surface area contributed by atoms with Crippen molar-refractivity contribution in [1.29, 1.82) is 0 Å². The Morgan fingerprint density at radius 2 is 2.10 bits per heavy atom. The monoisotopic (exact) mass is 299 g/mol. The van der Waals surface area contributed by atoms with Crippen molar-refractivity contribution in [3.8, 4) is 0 Å². The first-order valence-electron chi connectivity index (χ1n) is 7.39. The van der Waals surface area contributed by atoms with Gasteiger partial charge in [0.2, 0.25) is 0 Å². The Kier molecular flexibility index (Phi) is 5.67. The van der Waals surface area contributed by atoms with Crippen LogP contribution in [0.4, 0.5) is 8.78 Å². The Balaban J connectivity index is 2.05. The van der Waals surface area contributed by atoms with Gasteiger partial charge in [-0.2, -0.15) is 0 Å². The molecule has 1 aliphatic carbocycles. The molecule has 21 heavy (non-hydrogen) atoms. The van der Waals surface area contributed by atoms with Gasteiger partial charge in [0.05, 0.1) is 12.7 Å². The quantitative estimate of drug-likeness (QED) is 0.801. The zero-order chi connectivity index (χ0) is 15.4. The maximum Gasteiger partial charge on any atom is 0.164 e. The predicted octanol–water partition coefficient (Wildman–Crippen LogP) is 2.75. The molecule has 0 bridgehead atoms. The van der Waals surface area contributed by atoms with E-state index in [0.717, 1.165) is 6.07 Å². The van der Waals surface area contributed by atoms with Crippen molar-refractivity contribution >= 4 is 0 Å². The van der Waals surface area contributed by atoms with Crippen LogP contribution in [0.15, 0.2) is 18.2 Å². The fourth-order valence-corrected chi connectivity index (χ4v) is 2.64. The van der Waals surface area contributed by atoms with E-state index in [0.29, 0.717) is 25.1 Å². The van der Waals surface area contributed by atoms with E-state index in [1.54, 1.807) is 7.11 Å². The summed E-state index contributed by atoms with van der Waals surface area (Å²) in [6, 6.07) is 4.22. The van der Waals surface area contributed by atoms with E-state index in [1.807, 2.05) is 0 Å². The van der Waals surface area contributed by atoms with Crippen LogP contribution in [0.5, 0.6) is 0 Å². The number of rotatable bonds is 8. The summed E-state index contributed by atoms with van der Waals surface area (Å²) in [6.45, 7) is 3.61. The van der Waals surface area contributed by atoms with E-state index in [9.17, 15) is 13.9 Å².